The number of nitrogens with zero attached hydrogens (tertiary/aromatic N) is 6. The lowest BCUT2D eigenvalue weighted by Gasteiger charge is -2.29. The van der Waals surface area contributed by atoms with E-state index in [9.17, 15) is 4.79 Å². The lowest BCUT2D eigenvalue weighted by atomic mass is 10.1. The first-order chi connectivity index (χ1) is 16.5. The van der Waals surface area contributed by atoms with Crippen molar-refractivity contribution in [2.75, 3.05) is 43.7 Å². The zero-order chi connectivity index (χ0) is 23.7. The Bertz CT molecular complexity index is 1240. The van der Waals surface area contributed by atoms with Crippen molar-refractivity contribution in [3.63, 3.8) is 0 Å². The van der Waals surface area contributed by atoms with Crippen LogP contribution in [0.2, 0.25) is 5.02 Å². The van der Waals surface area contributed by atoms with Crippen LogP contribution in [0.15, 0.2) is 41.8 Å². The van der Waals surface area contributed by atoms with Gasteiger partial charge in [0.1, 0.15) is 5.52 Å². The van der Waals surface area contributed by atoms with Crippen LogP contribution in [0.25, 0.3) is 11.2 Å². The van der Waals surface area contributed by atoms with Crippen molar-refractivity contribution >= 4 is 45.9 Å². The zero-order valence-electron chi connectivity index (χ0n) is 19.4. The van der Waals surface area contributed by atoms with Gasteiger partial charge in [-0.1, -0.05) is 23.7 Å². The van der Waals surface area contributed by atoms with E-state index in [1.54, 1.807) is 0 Å². The lowest BCUT2D eigenvalue weighted by Crippen LogP contribution is -2.36. The molecule has 5 rings (SSSR count). The summed E-state index contributed by atoms with van der Waals surface area (Å²) >= 11 is 6.13. The number of carbonyl (C=O) groups is 1. The van der Waals surface area contributed by atoms with Crippen LogP contribution in [-0.4, -0.2) is 70.4 Å². The second-order valence-corrected chi connectivity index (χ2v) is 9.15. The molecule has 2 fully saturated rings. The second kappa shape index (κ2) is 9.60. The van der Waals surface area contributed by atoms with Gasteiger partial charge in [0.25, 0.3) is 0 Å². The molecule has 10 heteroatoms. The number of pyridine rings is 1. The van der Waals surface area contributed by atoms with Crippen molar-refractivity contribution in [3.05, 3.63) is 47.2 Å². The van der Waals surface area contributed by atoms with Crippen LogP contribution in [0.3, 0.4) is 0 Å². The van der Waals surface area contributed by atoms with E-state index < -0.39 is 0 Å². The molecule has 1 amide bonds. The van der Waals surface area contributed by atoms with E-state index in [1.165, 1.54) is 0 Å². The summed E-state index contributed by atoms with van der Waals surface area (Å²) in [6.45, 7) is 5.51. The fraction of sp³-hybridized carbons (Fsp3) is 0.417. The molecule has 0 aliphatic carbocycles. The maximum atomic E-state index is 12.0. The van der Waals surface area contributed by atoms with Gasteiger partial charge in [-0.15, -0.1) is 0 Å². The number of carbonyl (C=O) groups excluding carboxylic acids is 1. The number of halogens is 1. The fourth-order valence-electron chi connectivity index (χ4n) is 4.48. The van der Waals surface area contributed by atoms with Crippen molar-refractivity contribution in [2.45, 2.75) is 32.4 Å². The van der Waals surface area contributed by atoms with Crippen LogP contribution >= 0.6 is 11.6 Å². The summed E-state index contributed by atoms with van der Waals surface area (Å²) in [6.07, 6.45) is 3.25. The number of rotatable bonds is 6. The number of benzene rings is 1. The van der Waals surface area contributed by atoms with Crippen LogP contribution in [-0.2, 0) is 16.1 Å². The van der Waals surface area contributed by atoms with Crippen molar-refractivity contribution in [3.8, 4) is 0 Å². The van der Waals surface area contributed by atoms with Gasteiger partial charge in [0, 0.05) is 50.2 Å². The Morgan fingerprint density at radius 2 is 2.12 bits per heavy atom. The Hall–Kier alpha value is -3.17. The van der Waals surface area contributed by atoms with E-state index in [1.807, 2.05) is 60.1 Å². The third-order valence-electron chi connectivity index (χ3n) is 6.52. The number of amides is 1. The normalized spacial score (nSPS) is 19.3. The predicted octanol–water partition coefficient (Wildman–Crippen LogP) is 3.38. The summed E-state index contributed by atoms with van der Waals surface area (Å²) in [5, 5.41) is 5.22. The highest BCUT2D eigenvalue weighted by Crippen LogP contribution is 2.30. The predicted molar refractivity (Wildman–Crippen MR) is 134 cm³/mol. The number of nitrogens with one attached hydrogen (secondary N) is 1. The monoisotopic (exact) mass is 481 g/mol. The number of aromatic nitrogens is 3. The molecule has 3 aromatic rings. The average Bonchev–Trinajstić information content (AvgIpc) is 3.41. The van der Waals surface area contributed by atoms with E-state index in [-0.39, 0.29) is 11.9 Å². The zero-order valence-corrected chi connectivity index (χ0v) is 20.1. The van der Waals surface area contributed by atoms with Crippen LogP contribution in [0.4, 0.5) is 11.5 Å². The summed E-state index contributed by atoms with van der Waals surface area (Å²) in [4.78, 5) is 25.7. The van der Waals surface area contributed by atoms with Crippen molar-refractivity contribution < 1.29 is 9.53 Å². The lowest BCUT2D eigenvalue weighted by molar-refractivity contribution is -0.127. The van der Waals surface area contributed by atoms with Gasteiger partial charge in [-0.05, 0) is 31.0 Å². The quantitative estimate of drug-likeness (QED) is 0.429. The van der Waals surface area contributed by atoms with Crippen LogP contribution < -0.4 is 10.3 Å². The first kappa shape index (κ1) is 22.6. The average molecular weight is 482 g/mol. The van der Waals surface area contributed by atoms with Crippen LogP contribution in [0, 0.1) is 0 Å². The first-order valence-corrected chi connectivity index (χ1v) is 11.9. The number of morpholine rings is 1. The highest BCUT2D eigenvalue weighted by atomic mass is 35.5. The topological polar surface area (TPSA) is 87.9 Å². The number of anilines is 2. The Balaban J connectivity index is 1.49. The molecule has 1 aromatic carbocycles. The molecule has 2 aliphatic rings. The number of hydrogen-bond donors (Lipinski definition) is 1. The molecule has 9 nitrogen and oxygen atoms in total. The maximum absolute atomic E-state index is 12.0. The van der Waals surface area contributed by atoms with Gasteiger partial charge in [-0.3, -0.25) is 10.2 Å². The van der Waals surface area contributed by atoms with Crippen molar-refractivity contribution in [1.82, 2.24) is 19.4 Å². The SMILES string of the molecule is C/C(=N\Nc1cc(N2CCOCC2)c2ncn(C[C@H]3CCC(=O)N3C)c2n1)c1cccc(Cl)c1. The highest BCUT2D eigenvalue weighted by molar-refractivity contribution is 6.31. The summed E-state index contributed by atoms with van der Waals surface area (Å²) in [5.41, 5.74) is 7.49. The Morgan fingerprint density at radius 1 is 1.29 bits per heavy atom. The van der Waals surface area contributed by atoms with Gasteiger partial charge in [-0.25, -0.2) is 9.97 Å². The second-order valence-electron chi connectivity index (χ2n) is 8.71. The number of hydrogen-bond acceptors (Lipinski definition) is 7. The van der Waals surface area contributed by atoms with Crippen LogP contribution in [0.1, 0.15) is 25.3 Å². The smallest absolute Gasteiger partial charge is 0.222 e. The van der Waals surface area contributed by atoms with E-state index in [0.717, 1.165) is 47.6 Å². The Kier molecular flexibility index (Phi) is 6.38. The maximum Gasteiger partial charge on any atom is 0.222 e. The minimum Gasteiger partial charge on any atom is -0.378 e. The molecule has 34 heavy (non-hydrogen) atoms. The number of hydrazone groups is 1. The van der Waals surface area contributed by atoms with Gasteiger partial charge < -0.3 is 19.1 Å². The summed E-state index contributed by atoms with van der Waals surface area (Å²) in [5.74, 6) is 0.817. The molecule has 0 spiro atoms. The van der Waals surface area contributed by atoms with Gasteiger partial charge in [0.2, 0.25) is 5.91 Å². The largest absolute Gasteiger partial charge is 0.378 e. The van der Waals surface area contributed by atoms with Gasteiger partial charge in [0.15, 0.2) is 11.5 Å². The molecule has 4 heterocycles. The van der Waals surface area contributed by atoms with Crippen LogP contribution in [0.5, 0.6) is 0 Å². The number of ether oxygens (including phenoxy) is 1. The molecule has 0 bridgehead atoms. The van der Waals surface area contributed by atoms with Gasteiger partial charge >= 0.3 is 0 Å². The highest BCUT2D eigenvalue weighted by Gasteiger charge is 2.29. The van der Waals surface area contributed by atoms with E-state index in [0.29, 0.717) is 37.0 Å². The molecule has 2 saturated heterocycles. The van der Waals surface area contributed by atoms with Crippen molar-refractivity contribution in [1.29, 1.82) is 0 Å². The minimum atomic E-state index is 0.137. The van der Waals surface area contributed by atoms with E-state index in [2.05, 4.69) is 15.4 Å². The standard InChI is InChI=1S/C24H28ClN7O2/c1-16(17-4-3-5-18(25)12-17)28-29-21-13-20(31-8-10-34-11-9-31)23-24(27-21)32(15-26-23)14-19-6-7-22(33)30(19)2/h3-5,12-13,15,19H,6-11,14H2,1-2H3,(H,27,29)/b28-16+/t19-/m1/s1. The summed E-state index contributed by atoms with van der Waals surface area (Å²) in [6, 6.07) is 9.72. The molecule has 0 radical (unpaired) electrons. The molecule has 1 atom stereocenters. The third-order valence-corrected chi connectivity index (χ3v) is 6.76. The molecule has 1 N–H and O–H groups in total. The van der Waals surface area contributed by atoms with Gasteiger partial charge in [-0.2, -0.15) is 5.10 Å². The van der Waals surface area contributed by atoms with E-state index in [4.69, 9.17) is 26.3 Å². The number of likely N-dealkylation sites (tertiary alicyclic amines) is 1. The Labute approximate surface area is 203 Å². The van der Waals surface area contributed by atoms with Gasteiger partial charge in [0.05, 0.1) is 30.9 Å². The minimum absolute atomic E-state index is 0.137. The molecule has 0 unspecified atom stereocenters. The molecular weight excluding hydrogens is 454 g/mol. The third kappa shape index (κ3) is 4.58. The molecule has 2 aliphatic heterocycles. The number of imidazole rings is 1. The van der Waals surface area contributed by atoms with E-state index >= 15 is 0 Å². The van der Waals surface area contributed by atoms with Crippen molar-refractivity contribution in [2.24, 2.45) is 5.10 Å². The summed E-state index contributed by atoms with van der Waals surface area (Å²) in [7, 11) is 1.87. The molecule has 0 saturated carbocycles. The summed E-state index contributed by atoms with van der Waals surface area (Å²) < 4.78 is 7.59. The fourth-order valence-corrected chi connectivity index (χ4v) is 4.67. The number of fused-ring (bicyclic) bond motifs is 1. The first-order valence-electron chi connectivity index (χ1n) is 11.5. The molecule has 2 aromatic heterocycles. The number of likely N-dealkylation sites (N-methyl/N-ethyl adjacent to an activating group) is 1. The molecule has 178 valence electrons. The molecular formula is C24H28ClN7O2. The Morgan fingerprint density at radius 3 is 2.85 bits per heavy atom.